The highest BCUT2D eigenvalue weighted by molar-refractivity contribution is 7.71. The van der Waals surface area contributed by atoms with Gasteiger partial charge in [0.05, 0.1) is 0 Å². The largest absolute Gasteiger partial charge is 0.282 e. The summed E-state index contributed by atoms with van der Waals surface area (Å²) in [4.78, 5) is 4.20. The van der Waals surface area contributed by atoms with Crippen LogP contribution < -0.4 is 0 Å². The summed E-state index contributed by atoms with van der Waals surface area (Å²) in [6, 6.07) is 6.38. The fraction of sp³-hybridized carbons (Fsp3) is 0.273. The van der Waals surface area contributed by atoms with Gasteiger partial charge in [0.2, 0.25) is 4.77 Å². The molecule has 0 bridgehead atoms. The number of nitrogens with one attached hydrogen (secondary N) is 2. The summed E-state index contributed by atoms with van der Waals surface area (Å²) in [6.07, 6.45) is 1.05. The molecule has 3 nitrogen and oxygen atoms in total. The maximum Gasteiger partial charge on any atom is 0.213 e. The Hall–Kier alpha value is -1.42. The van der Waals surface area contributed by atoms with Crippen LogP contribution in [0.1, 0.15) is 18.1 Å². The van der Waals surface area contributed by atoms with E-state index in [1.54, 1.807) is 0 Å². The van der Waals surface area contributed by atoms with Crippen LogP contribution in [-0.4, -0.2) is 15.2 Å². The first-order valence-electron chi connectivity index (χ1n) is 4.95. The first kappa shape index (κ1) is 10.1. The molecule has 0 fully saturated rings. The van der Waals surface area contributed by atoms with Gasteiger partial charge >= 0.3 is 0 Å². The van der Waals surface area contributed by atoms with Crippen molar-refractivity contribution in [3.05, 3.63) is 34.1 Å². The van der Waals surface area contributed by atoms with E-state index in [0.717, 1.165) is 17.8 Å². The predicted molar refractivity (Wildman–Crippen MR) is 63.3 cm³/mol. The third-order valence-corrected chi connectivity index (χ3v) is 2.65. The molecule has 0 saturated carbocycles. The van der Waals surface area contributed by atoms with Crippen molar-refractivity contribution < 1.29 is 0 Å². The average Bonchev–Trinajstić information content (AvgIpc) is 2.64. The predicted octanol–water partition coefficient (Wildman–Crippen LogP) is 3.01. The molecule has 0 saturated heterocycles. The second kappa shape index (κ2) is 3.98. The van der Waals surface area contributed by atoms with Crippen molar-refractivity contribution in [2.45, 2.75) is 20.3 Å². The third-order valence-electron chi connectivity index (χ3n) is 2.46. The minimum Gasteiger partial charge on any atom is -0.282 e. The minimum atomic E-state index is 0.490. The third kappa shape index (κ3) is 1.99. The van der Waals surface area contributed by atoms with E-state index < -0.39 is 0 Å². The molecule has 0 aliphatic rings. The van der Waals surface area contributed by atoms with Gasteiger partial charge in [0.15, 0.2) is 5.82 Å². The monoisotopic (exact) mass is 219 g/mol. The highest BCUT2D eigenvalue weighted by atomic mass is 32.1. The van der Waals surface area contributed by atoms with Gasteiger partial charge in [0, 0.05) is 5.56 Å². The molecule has 1 heterocycles. The second-order valence-electron chi connectivity index (χ2n) is 3.52. The van der Waals surface area contributed by atoms with Gasteiger partial charge in [0.1, 0.15) is 0 Å². The number of hydrogen-bond acceptors (Lipinski definition) is 2. The molecular weight excluding hydrogens is 206 g/mol. The number of H-pyrrole nitrogens is 2. The fourth-order valence-corrected chi connectivity index (χ4v) is 1.75. The van der Waals surface area contributed by atoms with Crippen LogP contribution in [0.2, 0.25) is 0 Å². The Morgan fingerprint density at radius 1 is 1.33 bits per heavy atom. The normalized spacial score (nSPS) is 10.5. The molecule has 0 aliphatic heterocycles. The van der Waals surface area contributed by atoms with Gasteiger partial charge in [-0.15, -0.1) is 0 Å². The maximum absolute atomic E-state index is 4.93. The summed E-state index contributed by atoms with van der Waals surface area (Å²) in [5.41, 5.74) is 3.65. The van der Waals surface area contributed by atoms with Crippen molar-refractivity contribution in [1.82, 2.24) is 15.2 Å². The Kier molecular flexibility index (Phi) is 2.68. The van der Waals surface area contributed by atoms with Gasteiger partial charge < -0.3 is 0 Å². The molecule has 78 valence electrons. The standard InChI is InChI=1S/C11H13N3S/c1-3-8-4-5-9(7(2)6-8)10-12-11(15)14-13-10/h4-6H,3H2,1-2H3,(H2,12,13,14,15). The number of benzene rings is 1. The number of nitrogens with zero attached hydrogens (tertiary/aromatic N) is 1. The van der Waals surface area contributed by atoms with E-state index in [0.29, 0.717) is 4.77 Å². The molecule has 15 heavy (non-hydrogen) atoms. The Bertz CT molecular complexity index is 525. The van der Waals surface area contributed by atoms with Gasteiger partial charge in [-0.05, 0) is 36.7 Å². The molecule has 4 heteroatoms. The fourth-order valence-electron chi connectivity index (χ4n) is 1.61. The lowest BCUT2D eigenvalue weighted by atomic mass is 10.0. The Morgan fingerprint density at radius 2 is 2.13 bits per heavy atom. The first-order chi connectivity index (χ1) is 7.20. The number of rotatable bonds is 2. The van der Waals surface area contributed by atoms with E-state index in [1.165, 1.54) is 11.1 Å². The summed E-state index contributed by atoms with van der Waals surface area (Å²) in [7, 11) is 0. The van der Waals surface area contributed by atoms with Crippen LogP contribution in [0.15, 0.2) is 18.2 Å². The molecular formula is C11H13N3S. The molecule has 0 aliphatic carbocycles. The zero-order valence-electron chi connectivity index (χ0n) is 8.79. The van der Waals surface area contributed by atoms with E-state index >= 15 is 0 Å². The highest BCUT2D eigenvalue weighted by Crippen LogP contribution is 2.20. The van der Waals surface area contributed by atoms with Gasteiger partial charge in [0.25, 0.3) is 0 Å². The van der Waals surface area contributed by atoms with Crippen LogP contribution in [0.25, 0.3) is 11.4 Å². The average molecular weight is 219 g/mol. The number of aryl methyl sites for hydroxylation is 2. The molecule has 0 radical (unpaired) electrons. The van der Waals surface area contributed by atoms with E-state index in [9.17, 15) is 0 Å². The van der Waals surface area contributed by atoms with Gasteiger partial charge in [-0.2, -0.15) is 4.98 Å². The summed E-state index contributed by atoms with van der Waals surface area (Å²) in [6.45, 7) is 4.23. The molecule has 1 aromatic carbocycles. The van der Waals surface area contributed by atoms with Gasteiger partial charge in [-0.3, -0.25) is 10.2 Å². The van der Waals surface area contributed by atoms with Crippen LogP contribution in [0.3, 0.4) is 0 Å². The molecule has 1 aromatic heterocycles. The molecule has 0 amide bonds. The van der Waals surface area contributed by atoms with Crippen molar-refractivity contribution in [2.75, 3.05) is 0 Å². The van der Waals surface area contributed by atoms with Crippen molar-refractivity contribution in [3.8, 4) is 11.4 Å². The maximum atomic E-state index is 4.93. The van der Waals surface area contributed by atoms with Crippen molar-refractivity contribution in [2.24, 2.45) is 0 Å². The minimum absolute atomic E-state index is 0.490. The van der Waals surface area contributed by atoms with E-state index in [2.05, 4.69) is 47.2 Å². The van der Waals surface area contributed by atoms with Crippen molar-refractivity contribution in [1.29, 1.82) is 0 Å². The Labute approximate surface area is 93.6 Å². The summed E-state index contributed by atoms with van der Waals surface area (Å²) in [5.74, 6) is 0.806. The molecule has 2 N–H and O–H groups in total. The van der Waals surface area contributed by atoms with Crippen LogP contribution >= 0.6 is 12.2 Å². The summed E-state index contributed by atoms with van der Waals surface area (Å²) >= 11 is 4.93. The molecule has 2 aromatic rings. The van der Waals surface area contributed by atoms with Crippen LogP contribution in [-0.2, 0) is 6.42 Å². The lowest BCUT2D eigenvalue weighted by Crippen LogP contribution is -1.88. The zero-order chi connectivity index (χ0) is 10.8. The van der Waals surface area contributed by atoms with Crippen LogP contribution in [0.4, 0.5) is 0 Å². The zero-order valence-corrected chi connectivity index (χ0v) is 9.61. The number of aromatic amines is 2. The molecule has 0 unspecified atom stereocenters. The van der Waals surface area contributed by atoms with Crippen LogP contribution in [0.5, 0.6) is 0 Å². The highest BCUT2D eigenvalue weighted by Gasteiger charge is 2.04. The number of aromatic nitrogens is 3. The van der Waals surface area contributed by atoms with Crippen molar-refractivity contribution in [3.63, 3.8) is 0 Å². The topological polar surface area (TPSA) is 44.5 Å². The molecule has 0 spiro atoms. The Balaban J connectivity index is 2.49. The first-order valence-corrected chi connectivity index (χ1v) is 5.36. The molecule has 0 atom stereocenters. The Morgan fingerprint density at radius 3 is 2.67 bits per heavy atom. The second-order valence-corrected chi connectivity index (χ2v) is 3.91. The van der Waals surface area contributed by atoms with Gasteiger partial charge in [-0.25, -0.2) is 0 Å². The summed E-state index contributed by atoms with van der Waals surface area (Å²) < 4.78 is 0.490. The van der Waals surface area contributed by atoms with E-state index in [1.807, 2.05) is 0 Å². The summed E-state index contributed by atoms with van der Waals surface area (Å²) in [5, 5.41) is 5.76. The lowest BCUT2D eigenvalue weighted by molar-refractivity contribution is 1.08. The van der Waals surface area contributed by atoms with E-state index in [-0.39, 0.29) is 0 Å². The lowest BCUT2D eigenvalue weighted by Gasteiger charge is -2.04. The quantitative estimate of drug-likeness (QED) is 0.763. The smallest absolute Gasteiger partial charge is 0.213 e. The van der Waals surface area contributed by atoms with Crippen molar-refractivity contribution >= 4 is 12.2 Å². The SMILES string of the molecule is CCc1ccc(-c2nc(=S)[nH][nH]2)c(C)c1. The van der Waals surface area contributed by atoms with Gasteiger partial charge in [-0.1, -0.05) is 25.1 Å². The van der Waals surface area contributed by atoms with E-state index in [4.69, 9.17) is 12.2 Å². The van der Waals surface area contributed by atoms with Crippen LogP contribution in [0, 0.1) is 11.7 Å². The number of hydrogen-bond donors (Lipinski definition) is 2. The molecule has 2 rings (SSSR count).